The Kier molecular flexibility index (Phi) is 5.78. The fourth-order valence-electron chi connectivity index (χ4n) is 2.99. The number of hydrogen-bond acceptors (Lipinski definition) is 5. The number of fused-ring (bicyclic) bond motifs is 1. The number of benzene rings is 2. The number of nitrogens with zero attached hydrogens (tertiary/aromatic N) is 2. The van der Waals surface area contributed by atoms with Gasteiger partial charge in [0.15, 0.2) is 0 Å². The molecule has 0 unspecified atom stereocenters. The van der Waals surface area contributed by atoms with Crippen molar-refractivity contribution in [3.05, 3.63) is 71.0 Å². The first-order chi connectivity index (χ1) is 14.5. The van der Waals surface area contributed by atoms with Gasteiger partial charge in [-0.15, -0.1) is 11.3 Å². The quantitative estimate of drug-likeness (QED) is 0.432. The van der Waals surface area contributed by atoms with Gasteiger partial charge in [-0.25, -0.2) is 9.07 Å². The first-order valence-electron chi connectivity index (χ1n) is 9.33. The highest BCUT2D eigenvalue weighted by molar-refractivity contribution is 7.20. The Hall–Kier alpha value is -3.23. The molecule has 2 aromatic heterocycles. The number of nitrogens with one attached hydrogen (secondary N) is 1. The van der Waals surface area contributed by atoms with Crippen LogP contribution in [0.3, 0.4) is 0 Å². The van der Waals surface area contributed by atoms with Crippen LogP contribution in [0, 0.1) is 12.7 Å². The number of methoxy groups -OCH3 is 1. The molecule has 8 heteroatoms. The van der Waals surface area contributed by atoms with Gasteiger partial charge in [-0.1, -0.05) is 0 Å². The molecule has 0 bridgehead atoms. The molecule has 0 spiro atoms. The summed E-state index contributed by atoms with van der Waals surface area (Å²) in [6.07, 6.45) is 0. The molecule has 2 heterocycles. The molecule has 0 saturated carbocycles. The first-order valence-corrected chi connectivity index (χ1v) is 10.1. The van der Waals surface area contributed by atoms with Gasteiger partial charge in [-0.05, 0) is 61.5 Å². The Bertz CT molecular complexity index is 1170. The number of thiophene rings is 1. The van der Waals surface area contributed by atoms with Gasteiger partial charge in [0.2, 0.25) is 0 Å². The van der Waals surface area contributed by atoms with Crippen LogP contribution in [0.4, 0.5) is 10.1 Å². The summed E-state index contributed by atoms with van der Waals surface area (Å²) in [5.41, 5.74) is 2.22. The minimum absolute atomic E-state index is 0.200. The summed E-state index contributed by atoms with van der Waals surface area (Å²) in [5, 5.41) is 8.33. The summed E-state index contributed by atoms with van der Waals surface area (Å²) < 4.78 is 25.5. The van der Waals surface area contributed by atoms with Gasteiger partial charge in [-0.3, -0.25) is 4.79 Å². The van der Waals surface area contributed by atoms with E-state index < -0.39 is 0 Å². The van der Waals surface area contributed by atoms with Crippen LogP contribution >= 0.6 is 11.3 Å². The molecule has 4 aromatic rings. The van der Waals surface area contributed by atoms with Crippen molar-refractivity contribution in [2.75, 3.05) is 25.6 Å². The molecule has 0 aliphatic carbocycles. The molecule has 30 heavy (non-hydrogen) atoms. The Balaban J connectivity index is 1.52. The molecular formula is C22H20FN3O3S. The van der Waals surface area contributed by atoms with Gasteiger partial charge in [-0.2, -0.15) is 5.10 Å². The van der Waals surface area contributed by atoms with Crippen molar-refractivity contribution in [3.8, 4) is 11.4 Å². The lowest BCUT2D eigenvalue weighted by molar-refractivity contribution is 0.103. The van der Waals surface area contributed by atoms with Gasteiger partial charge in [0, 0.05) is 18.2 Å². The van der Waals surface area contributed by atoms with Crippen LogP contribution < -0.4 is 10.1 Å². The average molecular weight is 425 g/mol. The van der Waals surface area contributed by atoms with E-state index in [1.165, 1.54) is 23.5 Å². The van der Waals surface area contributed by atoms with Gasteiger partial charge >= 0.3 is 0 Å². The highest BCUT2D eigenvalue weighted by atomic mass is 32.1. The Morgan fingerprint density at radius 2 is 1.87 bits per heavy atom. The van der Waals surface area contributed by atoms with Crippen molar-refractivity contribution >= 4 is 33.1 Å². The molecule has 0 radical (unpaired) electrons. The summed E-state index contributed by atoms with van der Waals surface area (Å²) in [6.45, 7) is 2.87. The van der Waals surface area contributed by atoms with Crippen LogP contribution in [0.5, 0.6) is 5.75 Å². The van der Waals surface area contributed by atoms with Gasteiger partial charge in [0.25, 0.3) is 5.91 Å². The minimum Gasteiger partial charge on any atom is -0.491 e. The highest BCUT2D eigenvalue weighted by Gasteiger charge is 2.17. The van der Waals surface area contributed by atoms with Crippen molar-refractivity contribution in [1.29, 1.82) is 0 Å². The maximum Gasteiger partial charge on any atom is 0.265 e. The smallest absolute Gasteiger partial charge is 0.265 e. The van der Waals surface area contributed by atoms with E-state index >= 15 is 0 Å². The van der Waals surface area contributed by atoms with Crippen molar-refractivity contribution in [2.24, 2.45) is 0 Å². The first kappa shape index (κ1) is 20.1. The lowest BCUT2D eigenvalue weighted by atomic mass is 10.2. The van der Waals surface area contributed by atoms with E-state index in [9.17, 15) is 9.18 Å². The Morgan fingerprint density at radius 3 is 2.57 bits per heavy atom. The second-order valence-corrected chi connectivity index (χ2v) is 7.65. The SMILES string of the molecule is COCCOc1ccc(NC(=O)c2cc3c(C)nn(-c4ccc(F)cc4)c3s2)cc1. The zero-order chi connectivity index (χ0) is 21.1. The predicted molar refractivity (Wildman–Crippen MR) is 115 cm³/mol. The number of ether oxygens (including phenoxy) is 2. The lowest BCUT2D eigenvalue weighted by Gasteiger charge is -2.07. The molecule has 0 atom stereocenters. The normalized spacial score (nSPS) is 11.0. The van der Waals surface area contributed by atoms with Crippen LogP contribution in [0.1, 0.15) is 15.4 Å². The number of anilines is 1. The molecule has 0 aliphatic rings. The number of carbonyl (C=O) groups is 1. The third-order valence-electron chi connectivity index (χ3n) is 4.51. The molecule has 1 N–H and O–H groups in total. The number of aromatic nitrogens is 2. The summed E-state index contributed by atoms with van der Waals surface area (Å²) in [5.74, 6) is 0.205. The molecule has 6 nitrogen and oxygen atoms in total. The van der Waals surface area contributed by atoms with Crippen LogP contribution in [-0.4, -0.2) is 36.0 Å². The van der Waals surface area contributed by atoms with E-state index in [1.807, 2.05) is 13.0 Å². The summed E-state index contributed by atoms with van der Waals surface area (Å²) in [6, 6.07) is 15.1. The van der Waals surface area contributed by atoms with Crippen molar-refractivity contribution in [2.45, 2.75) is 6.92 Å². The second-order valence-electron chi connectivity index (χ2n) is 6.62. The van der Waals surface area contributed by atoms with Crippen LogP contribution in [0.15, 0.2) is 54.6 Å². The fourth-order valence-corrected chi connectivity index (χ4v) is 4.06. The molecule has 0 saturated heterocycles. The number of carbonyl (C=O) groups excluding carboxylic acids is 1. The van der Waals surface area contributed by atoms with E-state index in [-0.39, 0.29) is 11.7 Å². The largest absolute Gasteiger partial charge is 0.491 e. The number of aryl methyl sites for hydroxylation is 1. The molecule has 0 fully saturated rings. The van der Waals surface area contributed by atoms with E-state index in [0.717, 1.165) is 21.6 Å². The van der Waals surface area contributed by atoms with Crippen molar-refractivity contribution < 1.29 is 18.7 Å². The minimum atomic E-state index is -0.305. The monoisotopic (exact) mass is 425 g/mol. The Labute approximate surface area is 176 Å². The zero-order valence-corrected chi connectivity index (χ0v) is 17.3. The van der Waals surface area contributed by atoms with E-state index in [2.05, 4.69) is 10.4 Å². The molecule has 0 aliphatic heterocycles. The lowest BCUT2D eigenvalue weighted by Crippen LogP contribution is -2.10. The molecule has 4 rings (SSSR count). The maximum atomic E-state index is 13.2. The average Bonchev–Trinajstić information content (AvgIpc) is 3.31. The number of rotatable bonds is 7. The number of halogens is 1. The third kappa shape index (κ3) is 4.19. The van der Waals surface area contributed by atoms with E-state index in [0.29, 0.717) is 29.5 Å². The number of amides is 1. The van der Waals surface area contributed by atoms with Crippen LogP contribution in [0.25, 0.3) is 15.9 Å². The number of hydrogen-bond donors (Lipinski definition) is 1. The highest BCUT2D eigenvalue weighted by Crippen LogP contribution is 2.31. The van der Waals surface area contributed by atoms with E-state index in [4.69, 9.17) is 9.47 Å². The molecule has 1 amide bonds. The van der Waals surface area contributed by atoms with E-state index in [1.54, 1.807) is 48.2 Å². The second kappa shape index (κ2) is 8.64. The summed E-state index contributed by atoms with van der Waals surface area (Å²) in [7, 11) is 1.62. The van der Waals surface area contributed by atoms with Crippen LogP contribution in [-0.2, 0) is 4.74 Å². The molecule has 2 aromatic carbocycles. The zero-order valence-electron chi connectivity index (χ0n) is 16.5. The molecule has 154 valence electrons. The van der Waals surface area contributed by atoms with Gasteiger partial charge in [0.05, 0.1) is 22.9 Å². The summed E-state index contributed by atoms with van der Waals surface area (Å²) >= 11 is 1.34. The fraction of sp³-hybridized carbons (Fsp3) is 0.182. The maximum absolute atomic E-state index is 13.2. The third-order valence-corrected chi connectivity index (χ3v) is 5.62. The van der Waals surface area contributed by atoms with Gasteiger partial charge in [0.1, 0.15) is 23.0 Å². The predicted octanol–water partition coefficient (Wildman–Crippen LogP) is 4.81. The van der Waals surface area contributed by atoms with Crippen molar-refractivity contribution in [1.82, 2.24) is 9.78 Å². The van der Waals surface area contributed by atoms with Crippen molar-refractivity contribution in [3.63, 3.8) is 0 Å². The summed E-state index contributed by atoms with van der Waals surface area (Å²) in [4.78, 5) is 14.2. The van der Waals surface area contributed by atoms with Crippen LogP contribution in [0.2, 0.25) is 0 Å². The molecular weight excluding hydrogens is 405 g/mol. The standard InChI is InChI=1S/C22H20FN3O3S/c1-14-19-13-20(30-22(19)26(25-14)17-7-3-15(23)4-8-17)21(27)24-16-5-9-18(10-6-16)29-12-11-28-2/h3-10,13H,11-12H2,1-2H3,(H,24,27). The Morgan fingerprint density at radius 1 is 1.13 bits per heavy atom. The topological polar surface area (TPSA) is 65.4 Å². The van der Waals surface area contributed by atoms with Gasteiger partial charge < -0.3 is 14.8 Å².